The van der Waals surface area contributed by atoms with Crippen LogP contribution in [0.3, 0.4) is 0 Å². The minimum atomic E-state index is -2.67. The lowest BCUT2D eigenvalue weighted by Gasteiger charge is -2.43. The Morgan fingerprint density at radius 2 is 1.41 bits per heavy atom. The van der Waals surface area contributed by atoms with Crippen molar-refractivity contribution >= 4 is 34.6 Å². The molecule has 32 heavy (non-hydrogen) atoms. The Kier molecular flexibility index (Phi) is 7.99. The van der Waals surface area contributed by atoms with Gasteiger partial charge in [0.1, 0.15) is 18.1 Å². The number of ether oxygens (including phenoxy) is 2. The van der Waals surface area contributed by atoms with E-state index in [1.165, 1.54) is 10.4 Å². The summed E-state index contributed by atoms with van der Waals surface area (Å²) in [6.45, 7) is 11.4. The molecule has 3 nitrogen and oxygen atoms in total. The van der Waals surface area contributed by atoms with Crippen molar-refractivity contribution in [1.82, 2.24) is 0 Å². The highest BCUT2D eigenvalue weighted by atomic mass is 79.9. The minimum Gasteiger partial charge on any atom is -0.496 e. The molecule has 0 saturated carbocycles. The average molecular weight is 512 g/mol. The Labute approximate surface area is 201 Å². The molecular formula is C27H31BrO3Si. The van der Waals surface area contributed by atoms with Gasteiger partial charge in [0.2, 0.25) is 0 Å². The topological polar surface area (TPSA) is 27.7 Å². The Morgan fingerprint density at radius 3 is 1.88 bits per heavy atom. The van der Waals surface area contributed by atoms with Crippen LogP contribution in [-0.4, -0.2) is 22.0 Å². The van der Waals surface area contributed by atoms with Crippen molar-refractivity contribution in [2.24, 2.45) is 0 Å². The summed E-state index contributed by atoms with van der Waals surface area (Å²) in [7, 11) is -0.988. The zero-order valence-electron chi connectivity index (χ0n) is 19.2. The van der Waals surface area contributed by atoms with E-state index in [9.17, 15) is 0 Å². The van der Waals surface area contributed by atoms with Gasteiger partial charge in [-0.15, -0.1) is 0 Å². The summed E-state index contributed by atoms with van der Waals surface area (Å²) in [5.41, 5.74) is 0.932. The van der Waals surface area contributed by atoms with Crippen molar-refractivity contribution in [2.45, 2.75) is 32.4 Å². The maximum Gasteiger partial charge on any atom is 0.261 e. The van der Waals surface area contributed by atoms with Crippen LogP contribution in [-0.2, 0) is 11.0 Å². The fourth-order valence-electron chi connectivity index (χ4n) is 4.11. The molecule has 0 aliphatic heterocycles. The number of benzene rings is 3. The summed E-state index contributed by atoms with van der Waals surface area (Å²) in [5, 5.41) is 2.38. The first-order valence-electron chi connectivity index (χ1n) is 10.7. The van der Waals surface area contributed by atoms with Gasteiger partial charge in [0.05, 0.1) is 18.2 Å². The quantitative estimate of drug-likeness (QED) is 0.257. The highest BCUT2D eigenvalue weighted by Gasteiger charge is 2.50. The van der Waals surface area contributed by atoms with Gasteiger partial charge in [-0.25, -0.2) is 0 Å². The smallest absolute Gasteiger partial charge is 0.261 e. The van der Waals surface area contributed by atoms with E-state index in [0.717, 1.165) is 21.5 Å². The predicted molar refractivity (Wildman–Crippen MR) is 139 cm³/mol. The molecule has 0 saturated heterocycles. The highest BCUT2D eigenvalue weighted by Crippen LogP contribution is 2.40. The van der Waals surface area contributed by atoms with E-state index in [4.69, 9.17) is 13.9 Å². The Bertz CT molecular complexity index is 991. The van der Waals surface area contributed by atoms with Crippen LogP contribution in [0.4, 0.5) is 0 Å². The zero-order valence-corrected chi connectivity index (χ0v) is 21.8. The first kappa shape index (κ1) is 24.3. The van der Waals surface area contributed by atoms with Gasteiger partial charge in [-0.3, -0.25) is 0 Å². The van der Waals surface area contributed by atoms with Crippen molar-refractivity contribution in [3.05, 3.63) is 95.5 Å². The standard InChI is InChI=1S/C27H31BrO3Si/c1-6-19-30-25-18-17-24(29-5)23(26(25)28)20-31-32(27(2,3)4,21-13-9-7-10-14-21)22-15-11-8-12-16-22/h6-18H,1,19-20H2,2-5H3. The maximum absolute atomic E-state index is 7.09. The van der Waals surface area contributed by atoms with E-state index in [2.05, 4.69) is 104 Å². The lowest BCUT2D eigenvalue weighted by molar-refractivity contribution is 0.276. The number of methoxy groups -OCH3 is 1. The second-order valence-electron chi connectivity index (χ2n) is 8.61. The number of hydrogen-bond donors (Lipinski definition) is 0. The largest absolute Gasteiger partial charge is 0.496 e. The van der Waals surface area contributed by atoms with E-state index in [0.29, 0.717) is 13.2 Å². The molecule has 0 aliphatic carbocycles. The minimum absolute atomic E-state index is 0.105. The molecule has 3 aromatic carbocycles. The predicted octanol–water partition coefficient (Wildman–Crippen LogP) is 6.10. The van der Waals surface area contributed by atoms with E-state index in [1.807, 2.05) is 12.1 Å². The number of hydrogen-bond acceptors (Lipinski definition) is 3. The summed E-state index contributed by atoms with van der Waals surface area (Å²) in [5.74, 6) is 1.51. The molecule has 168 valence electrons. The highest BCUT2D eigenvalue weighted by molar-refractivity contribution is 9.10. The van der Waals surface area contributed by atoms with Gasteiger partial charge >= 0.3 is 0 Å². The van der Waals surface area contributed by atoms with Gasteiger partial charge in [0.25, 0.3) is 8.32 Å². The first-order chi connectivity index (χ1) is 15.3. The van der Waals surface area contributed by atoms with Crippen molar-refractivity contribution in [3.63, 3.8) is 0 Å². The normalized spacial score (nSPS) is 11.8. The third-order valence-electron chi connectivity index (χ3n) is 5.59. The lowest BCUT2D eigenvalue weighted by Crippen LogP contribution is -2.66. The third kappa shape index (κ3) is 4.85. The Morgan fingerprint density at radius 1 is 0.875 bits per heavy atom. The fraction of sp³-hybridized carbons (Fsp3) is 0.259. The molecule has 0 N–H and O–H groups in total. The maximum atomic E-state index is 7.09. The average Bonchev–Trinajstić information content (AvgIpc) is 2.80. The molecule has 0 bridgehead atoms. The van der Waals surface area contributed by atoms with Gasteiger partial charge in [-0.05, 0) is 43.5 Å². The van der Waals surface area contributed by atoms with Crippen molar-refractivity contribution in [1.29, 1.82) is 0 Å². The molecule has 0 unspecified atom stereocenters. The molecule has 3 rings (SSSR count). The first-order valence-corrected chi connectivity index (χ1v) is 13.4. The molecule has 0 heterocycles. The van der Waals surface area contributed by atoms with E-state index >= 15 is 0 Å². The van der Waals surface area contributed by atoms with Gasteiger partial charge < -0.3 is 13.9 Å². The molecule has 0 aliphatic rings. The molecule has 0 spiro atoms. The Balaban J connectivity index is 2.12. The Hall–Kier alpha value is -2.34. The number of halogens is 1. The van der Waals surface area contributed by atoms with E-state index < -0.39 is 8.32 Å². The summed E-state index contributed by atoms with van der Waals surface area (Å²) in [4.78, 5) is 0. The second kappa shape index (κ2) is 10.5. The summed E-state index contributed by atoms with van der Waals surface area (Å²) < 4.78 is 19.4. The van der Waals surface area contributed by atoms with E-state index in [-0.39, 0.29) is 5.04 Å². The molecule has 0 atom stereocenters. The molecular weight excluding hydrogens is 480 g/mol. The van der Waals surface area contributed by atoms with Crippen molar-refractivity contribution < 1.29 is 13.9 Å². The van der Waals surface area contributed by atoms with Crippen LogP contribution >= 0.6 is 15.9 Å². The van der Waals surface area contributed by atoms with E-state index in [1.54, 1.807) is 13.2 Å². The third-order valence-corrected chi connectivity index (χ3v) is 11.4. The summed E-state index contributed by atoms with van der Waals surface area (Å²) in [6, 6.07) is 25.1. The van der Waals surface area contributed by atoms with Crippen LogP contribution in [0.5, 0.6) is 11.5 Å². The SMILES string of the molecule is C=CCOc1ccc(OC)c(CO[Si](c2ccccc2)(c2ccccc2)C(C)(C)C)c1Br. The summed E-state index contributed by atoms with van der Waals surface area (Å²) in [6.07, 6.45) is 1.73. The molecule has 0 amide bonds. The van der Waals surface area contributed by atoms with Gasteiger partial charge in [0, 0.05) is 5.56 Å². The van der Waals surface area contributed by atoms with Crippen LogP contribution in [0.2, 0.25) is 5.04 Å². The van der Waals surface area contributed by atoms with Gasteiger partial charge in [-0.2, -0.15) is 0 Å². The molecule has 0 aromatic heterocycles. The monoisotopic (exact) mass is 510 g/mol. The zero-order chi connectivity index (χ0) is 23.2. The number of rotatable bonds is 9. The van der Waals surface area contributed by atoms with Crippen molar-refractivity contribution in [2.75, 3.05) is 13.7 Å². The van der Waals surface area contributed by atoms with Crippen LogP contribution in [0, 0.1) is 0 Å². The van der Waals surface area contributed by atoms with Crippen LogP contribution in [0.25, 0.3) is 0 Å². The summed E-state index contributed by atoms with van der Waals surface area (Å²) >= 11 is 3.73. The van der Waals surface area contributed by atoms with Crippen molar-refractivity contribution in [3.8, 4) is 11.5 Å². The lowest BCUT2D eigenvalue weighted by atomic mass is 10.2. The fourth-order valence-corrected chi connectivity index (χ4v) is 9.18. The second-order valence-corrected chi connectivity index (χ2v) is 13.7. The van der Waals surface area contributed by atoms with Crippen LogP contribution in [0.15, 0.2) is 89.9 Å². The molecule has 0 radical (unpaired) electrons. The molecule has 0 fully saturated rings. The van der Waals surface area contributed by atoms with Gasteiger partial charge in [-0.1, -0.05) is 94.1 Å². The molecule has 3 aromatic rings. The van der Waals surface area contributed by atoms with Gasteiger partial charge in [0.15, 0.2) is 0 Å². The molecule has 5 heteroatoms. The van der Waals surface area contributed by atoms with Crippen LogP contribution < -0.4 is 19.8 Å². The van der Waals surface area contributed by atoms with Crippen LogP contribution in [0.1, 0.15) is 26.3 Å².